The first-order valence-electron chi connectivity index (χ1n) is 9.58. The van der Waals surface area contributed by atoms with Crippen molar-refractivity contribution < 1.29 is 17.9 Å². The van der Waals surface area contributed by atoms with Crippen LogP contribution in [0.5, 0.6) is 5.75 Å². The predicted molar refractivity (Wildman–Crippen MR) is 127 cm³/mol. The highest BCUT2D eigenvalue weighted by molar-refractivity contribution is 7.89. The summed E-state index contributed by atoms with van der Waals surface area (Å²) in [5, 5.41) is 3.50. The van der Waals surface area contributed by atoms with Gasteiger partial charge in [0.2, 0.25) is 10.0 Å². The van der Waals surface area contributed by atoms with Crippen molar-refractivity contribution in [2.45, 2.75) is 18.4 Å². The summed E-state index contributed by atoms with van der Waals surface area (Å²) in [5.41, 5.74) is 2.25. The monoisotopic (exact) mass is 492 g/mol. The van der Waals surface area contributed by atoms with Crippen LogP contribution in [0, 0.1) is 6.92 Å². The lowest BCUT2D eigenvalue weighted by atomic mass is 10.1. The predicted octanol–water partition coefficient (Wildman–Crippen LogP) is 5.38. The van der Waals surface area contributed by atoms with Crippen LogP contribution in [0.4, 0.5) is 5.69 Å². The smallest absolute Gasteiger partial charge is 0.255 e. The molecule has 3 rings (SSSR count). The van der Waals surface area contributed by atoms with Gasteiger partial charge >= 0.3 is 0 Å². The van der Waals surface area contributed by atoms with Gasteiger partial charge in [-0.2, -0.15) is 4.31 Å². The van der Waals surface area contributed by atoms with E-state index >= 15 is 0 Å². The van der Waals surface area contributed by atoms with Crippen LogP contribution in [0.15, 0.2) is 65.6 Å². The lowest BCUT2D eigenvalue weighted by molar-refractivity contribution is 0.102. The minimum Gasteiger partial charge on any atom is -0.496 e. The molecule has 0 atom stereocenters. The van der Waals surface area contributed by atoms with Crippen molar-refractivity contribution in [3.05, 3.63) is 87.4 Å². The van der Waals surface area contributed by atoms with Crippen molar-refractivity contribution in [3.8, 4) is 5.75 Å². The van der Waals surface area contributed by atoms with Gasteiger partial charge in [-0.15, -0.1) is 0 Å². The van der Waals surface area contributed by atoms with Gasteiger partial charge < -0.3 is 10.1 Å². The summed E-state index contributed by atoms with van der Waals surface area (Å²) in [6.45, 7) is 1.90. The molecule has 9 heteroatoms. The normalized spacial score (nSPS) is 11.4. The molecule has 0 saturated carbocycles. The molecule has 32 heavy (non-hydrogen) atoms. The van der Waals surface area contributed by atoms with Crippen molar-refractivity contribution in [2.24, 2.45) is 0 Å². The minimum absolute atomic E-state index is 0.0161. The molecule has 168 valence electrons. The van der Waals surface area contributed by atoms with Crippen LogP contribution in [-0.4, -0.2) is 32.8 Å². The molecule has 0 bridgehead atoms. The van der Waals surface area contributed by atoms with E-state index in [1.807, 2.05) is 6.92 Å². The zero-order chi connectivity index (χ0) is 23.5. The van der Waals surface area contributed by atoms with Crippen molar-refractivity contribution in [1.29, 1.82) is 0 Å². The summed E-state index contributed by atoms with van der Waals surface area (Å²) in [6.07, 6.45) is 0. The van der Waals surface area contributed by atoms with E-state index in [1.165, 1.54) is 24.5 Å². The standard InChI is InChI=1S/C23H22Cl2N2O4S/c1-15-4-8-19(9-5-15)32(29,30)27(2)14-17-12-16(6-11-22(17)31-3)23(28)26-21-10-7-18(24)13-20(21)25/h4-13H,14H2,1-3H3,(H,26,28). The molecular formula is C23H22Cl2N2O4S. The van der Waals surface area contributed by atoms with Crippen molar-refractivity contribution in [2.75, 3.05) is 19.5 Å². The average Bonchev–Trinajstić information content (AvgIpc) is 2.75. The van der Waals surface area contributed by atoms with Gasteiger partial charge in [0.15, 0.2) is 0 Å². The average molecular weight is 493 g/mol. The van der Waals surface area contributed by atoms with Crippen LogP contribution in [0.25, 0.3) is 0 Å². The number of benzene rings is 3. The summed E-state index contributed by atoms with van der Waals surface area (Å²) in [7, 11) is -0.755. The molecular weight excluding hydrogens is 471 g/mol. The van der Waals surface area contributed by atoms with Crippen LogP contribution in [0.1, 0.15) is 21.5 Å². The number of ether oxygens (including phenoxy) is 1. The fourth-order valence-electron chi connectivity index (χ4n) is 3.04. The van der Waals surface area contributed by atoms with Gasteiger partial charge in [-0.3, -0.25) is 4.79 Å². The number of carbonyl (C=O) groups is 1. The van der Waals surface area contributed by atoms with Crippen molar-refractivity contribution in [1.82, 2.24) is 4.31 Å². The summed E-state index contributed by atoms with van der Waals surface area (Å²) >= 11 is 12.0. The molecule has 0 aliphatic rings. The Morgan fingerprint density at radius 1 is 1.03 bits per heavy atom. The fourth-order valence-corrected chi connectivity index (χ4v) is 4.65. The Morgan fingerprint density at radius 2 is 1.72 bits per heavy atom. The molecule has 0 spiro atoms. The van der Waals surface area contributed by atoms with Crippen LogP contribution in [-0.2, 0) is 16.6 Å². The minimum atomic E-state index is -3.72. The second kappa shape index (κ2) is 9.92. The van der Waals surface area contributed by atoms with Crippen LogP contribution < -0.4 is 10.1 Å². The number of halogens is 2. The highest BCUT2D eigenvalue weighted by Crippen LogP contribution is 2.28. The van der Waals surface area contributed by atoms with E-state index in [0.717, 1.165) is 5.56 Å². The van der Waals surface area contributed by atoms with Gasteiger partial charge in [0.1, 0.15) is 5.75 Å². The van der Waals surface area contributed by atoms with Crippen LogP contribution in [0.2, 0.25) is 10.0 Å². The maximum absolute atomic E-state index is 13.0. The van der Waals surface area contributed by atoms with E-state index in [0.29, 0.717) is 32.6 Å². The molecule has 0 unspecified atom stereocenters. The molecule has 1 N–H and O–H groups in total. The number of hydrogen-bond acceptors (Lipinski definition) is 4. The van der Waals surface area contributed by atoms with Gasteiger partial charge in [0.25, 0.3) is 5.91 Å². The number of rotatable bonds is 7. The summed E-state index contributed by atoms with van der Waals surface area (Å²) < 4.78 is 32.5. The Kier molecular flexibility index (Phi) is 7.46. The number of nitrogens with zero attached hydrogens (tertiary/aromatic N) is 1. The number of hydrogen-bond donors (Lipinski definition) is 1. The molecule has 0 fully saturated rings. The Labute approximate surface area is 197 Å². The zero-order valence-corrected chi connectivity index (χ0v) is 20.1. The molecule has 0 aromatic heterocycles. The highest BCUT2D eigenvalue weighted by Gasteiger charge is 2.22. The number of sulfonamides is 1. The molecule has 0 aliphatic carbocycles. The van der Waals surface area contributed by atoms with Gasteiger partial charge in [0, 0.05) is 29.7 Å². The van der Waals surface area contributed by atoms with Crippen LogP contribution in [0.3, 0.4) is 0 Å². The number of carbonyl (C=O) groups excluding carboxylic acids is 1. The third kappa shape index (κ3) is 5.42. The molecule has 0 heterocycles. The van der Waals surface area contributed by atoms with E-state index in [4.69, 9.17) is 27.9 Å². The quantitative estimate of drug-likeness (QED) is 0.479. The number of nitrogens with one attached hydrogen (secondary N) is 1. The lowest BCUT2D eigenvalue weighted by Crippen LogP contribution is -2.27. The van der Waals surface area contributed by atoms with E-state index in [1.54, 1.807) is 54.6 Å². The fraction of sp³-hybridized carbons (Fsp3) is 0.174. The van der Waals surface area contributed by atoms with E-state index in [9.17, 15) is 13.2 Å². The lowest BCUT2D eigenvalue weighted by Gasteiger charge is -2.19. The Morgan fingerprint density at radius 3 is 2.34 bits per heavy atom. The molecule has 3 aromatic rings. The Bertz CT molecular complexity index is 1250. The van der Waals surface area contributed by atoms with E-state index in [-0.39, 0.29) is 11.4 Å². The van der Waals surface area contributed by atoms with Crippen LogP contribution >= 0.6 is 23.2 Å². The molecule has 0 aliphatic heterocycles. The first-order chi connectivity index (χ1) is 15.1. The Balaban J connectivity index is 1.85. The van der Waals surface area contributed by atoms with E-state index in [2.05, 4.69) is 5.32 Å². The molecule has 0 radical (unpaired) electrons. The number of anilines is 1. The molecule has 3 aromatic carbocycles. The highest BCUT2D eigenvalue weighted by atomic mass is 35.5. The maximum atomic E-state index is 13.0. The third-order valence-corrected chi connectivity index (χ3v) is 7.21. The third-order valence-electron chi connectivity index (χ3n) is 4.84. The molecule has 0 saturated heterocycles. The summed E-state index contributed by atoms with van der Waals surface area (Å²) in [4.78, 5) is 13.0. The van der Waals surface area contributed by atoms with Gasteiger partial charge in [0.05, 0.1) is 22.7 Å². The van der Waals surface area contributed by atoms with Crippen molar-refractivity contribution >= 4 is 44.8 Å². The van der Waals surface area contributed by atoms with Gasteiger partial charge in [-0.05, 0) is 55.5 Å². The first-order valence-corrected chi connectivity index (χ1v) is 11.8. The summed E-state index contributed by atoms with van der Waals surface area (Å²) in [6, 6.07) is 16.2. The second-order valence-corrected chi connectivity index (χ2v) is 10.1. The molecule has 6 nitrogen and oxygen atoms in total. The largest absolute Gasteiger partial charge is 0.496 e. The number of aryl methyl sites for hydroxylation is 1. The Hall–Kier alpha value is -2.58. The summed E-state index contributed by atoms with van der Waals surface area (Å²) in [5.74, 6) is 0.0687. The number of methoxy groups -OCH3 is 1. The van der Waals surface area contributed by atoms with E-state index < -0.39 is 15.9 Å². The second-order valence-electron chi connectivity index (χ2n) is 7.18. The zero-order valence-electron chi connectivity index (χ0n) is 17.7. The van der Waals surface area contributed by atoms with Gasteiger partial charge in [-0.25, -0.2) is 8.42 Å². The topological polar surface area (TPSA) is 75.7 Å². The van der Waals surface area contributed by atoms with Gasteiger partial charge in [-0.1, -0.05) is 40.9 Å². The SMILES string of the molecule is COc1ccc(C(=O)Nc2ccc(Cl)cc2Cl)cc1CN(C)S(=O)(=O)c1ccc(C)cc1. The number of amides is 1. The first kappa shape index (κ1) is 24.1. The maximum Gasteiger partial charge on any atom is 0.255 e. The van der Waals surface area contributed by atoms with Crippen molar-refractivity contribution in [3.63, 3.8) is 0 Å². The molecule has 1 amide bonds.